The molecule has 1 fully saturated rings. The topological polar surface area (TPSA) is 91.8 Å². The van der Waals surface area contributed by atoms with Gasteiger partial charge < -0.3 is 10.0 Å². The zero-order valence-electron chi connectivity index (χ0n) is 11.7. The standard InChI is InChI=1S/C14H17NO5S/c1-15(11-7-5-10(6-8-11)14(17)18)13(16)12-4-2-3-9-21(12,19)20/h5-8,12H,2-4,9H2,1H3,(H,17,18). The lowest BCUT2D eigenvalue weighted by molar-refractivity contribution is -0.118. The van der Waals surface area contributed by atoms with Crippen molar-refractivity contribution >= 4 is 27.4 Å². The largest absolute Gasteiger partial charge is 0.478 e. The van der Waals surface area contributed by atoms with Gasteiger partial charge in [-0.05, 0) is 37.1 Å². The van der Waals surface area contributed by atoms with Crippen molar-refractivity contribution in [3.63, 3.8) is 0 Å². The fourth-order valence-electron chi connectivity index (χ4n) is 2.40. The maximum absolute atomic E-state index is 12.4. The number of aromatic carboxylic acids is 1. The van der Waals surface area contributed by atoms with Crippen LogP contribution in [0.25, 0.3) is 0 Å². The summed E-state index contributed by atoms with van der Waals surface area (Å²) >= 11 is 0. The number of hydrogen-bond acceptors (Lipinski definition) is 4. The molecule has 0 saturated carbocycles. The van der Waals surface area contributed by atoms with Gasteiger partial charge in [0, 0.05) is 12.7 Å². The Labute approximate surface area is 123 Å². The zero-order chi connectivity index (χ0) is 15.6. The van der Waals surface area contributed by atoms with Gasteiger partial charge in [0.2, 0.25) is 5.91 Å². The van der Waals surface area contributed by atoms with E-state index in [1.54, 1.807) is 0 Å². The number of carboxylic acids is 1. The number of rotatable bonds is 3. The van der Waals surface area contributed by atoms with E-state index in [1.165, 1.54) is 36.2 Å². The van der Waals surface area contributed by atoms with Crippen LogP contribution in [0.2, 0.25) is 0 Å². The molecule has 1 heterocycles. The predicted molar refractivity (Wildman–Crippen MR) is 78.2 cm³/mol. The molecule has 1 atom stereocenters. The average Bonchev–Trinajstić information content (AvgIpc) is 2.45. The van der Waals surface area contributed by atoms with Gasteiger partial charge in [0.1, 0.15) is 5.25 Å². The summed E-state index contributed by atoms with van der Waals surface area (Å²) in [6, 6.07) is 5.77. The van der Waals surface area contributed by atoms with Crippen LogP contribution in [0.4, 0.5) is 5.69 Å². The van der Waals surface area contributed by atoms with Crippen LogP contribution in [0.3, 0.4) is 0 Å². The second-order valence-electron chi connectivity index (χ2n) is 5.10. The van der Waals surface area contributed by atoms with Gasteiger partial charge in [-0.25, -0.2) is 13.2 Å². The fourth-order valence-corrected chi connectivity index (χ4v) is 4.28. The van der Waals surface area contributed by atoms with Gasteiger partial charge in [-0.2, -0.15) is 0 Å². The molecule has 1 aromatic rings. The van der Waals surface area contributed by atoms with Gasteiger partial charge in [-0.1, -0.05) is 6.42 Å². The summed E-state index contributed by atoms with van der Waals surface area (Å²) in [5.41, 5.74) is 0.593. The summed E-state index contributed by atoms with van der Waals surface area (Å²) < 4.78 is 24.0. The average molecular weight is 311 g/mol. The van der Waals surface area contributed by atoms with Crippen LogP contribution in [-0.2, 0) is 14.6 Å². The number of hydrogen-bond donors (Lipinski definition) is 1. The third-order valence-corrected chi connectivity index (χ3v) is 5.85. The van der Waals surface area contributed by atoms with E-state index in [1.807, 2.05) is 0 Å². The second-order valence-corrected chi connectivity index (χ2v) is 7.40. The van der Waals surface area contributed by atoms with Crippen molar-refractivity contribution in [2.75, 3.05) is 17.7 Å². The Morgan fingerprint density at radius 3 is 2.33 bits per heavy atom. The number of carbonyl (C=O) groups is 2. The summed E-state index contributed by atoms with van der Waals surface area (Å²) in [7, 11) is -1.88. The molecule has 1 saturated heterocycles. The molecule has 6 nitrogen and oxygen atoms in total. The maximum atomic E-state index is 12.4. The molecule has 1 aliphatic rings. The Balaban J connectivity index is 2.20. The van der Waals surface area contributed by atoms with Gasteiger partial charge in [0.25, 0.3) is 0 Å². The molecule has 21 heavy (non-hydrogen) atoms. The SMILES string of the molecule is CN(C(=O)C1CCCCS1(=O)=O)c1ccc(C(=O)O)cc1. The molecule has 0 aromatic heterocycles. The number of nitrogens with zero attached hydrogens (tertiary/aromatic N) is 1. The molecule has 1 amide bonds. The van der Waals surface area contributed by atoms with E-state index < -0.39 is 27.0 Å². The number of sulfone groups is 1. The van der Waals surface area contributed by atoms with Gasteiger partial charge in [0.05, 0.1) is 11.3 Å². The fraction of sp³-hybridized carbons (Fsp3) is 0.429. The Hall–Kier alpha value is -1.89. The molecule has 0 spiro atoms. The lowest BCUT2D eigenvalue weighted by Gasteiger charge is -2.26. The molecular weight excluding hydrogens is 294 g/mol. The minimum atomic E-state index is -3.38. The van der Waals surface area contributed by atoms with Crippen molar-refractivity contribution < 1.29 is 23.1 Å². The summed E-state index contributed by atoms with van der Waals surface area (Å²) in [6.07, 6.45) is 1.67. The minimum absolute atomic E-state index is 0.0508. The highest BCUT2D eigenvalue weighted by Gasteiger charge is 2.36. The van der Waals surface area contributed by atoms with Crippen molar-refractivity contribution in [3.05, 3.63) is 29.8 Å². The number of carbonyl (C=O) groups excluding carboxylic acids is 1. The first-order valence-corrected chi connectivity index (χ1v) is 8.37. The van der Waals surface area contributed by atoms with Crippen LogP contribution in [0.1, 0.15) is 29.6 Å². The van der Waals surface area contributed by atoms with Crippen LogP contribution in [-0.4, -0.2) is 43.5 Å². The minimum Gasteiger partial charge on any atom is -0.478 e. The smallest absolute Gasteiger partial charge is 0.335 e. The second kappa shape index (κ2) is 5.85. The summed E-state index contributed by atoms with van der Waals surface area (Å²) in [5, 5.41) is 7.85. The van der Waals surface area contributed by atoms with Crippen LogP contribution in [0.5, 0.6) is 0 Å². The molecule has 1 aliphatic heterocycles. The van der Waals surface area contributed by atoms with E-state index in [0.29, 0.717) is 18.5 Å². The van der Waals surface area contributed by atoms with Crippen molar-refractivity contribution in [1.29, 1.82) is 0 Å². The van der Waals surface area contributed by atoms with Gasteiger partial charge >= 0.3 is 5.97 Å². The van der Waals surface area contributed by atoms with Crippen LogP contribution in [0.15, 0.2) is 24.3 Å². The van der Waals surface area contributed by atoms with E-state index in [0.717, 1.165) is 6.42 Å². The first-order chi connectivity index (χ1) is 9.83. The van der Waals surface area contributed by atoms with E-state index in [2.05, 4.69) is 0 Å². The molecule has 1 aromatic carbocycles. The third kappa shape index (κ3) is 3.24. The number of amides is 1. The molecule has 0 radical (unpaired) electrons. The lowest BCUT2D eigenvalue weighted by atomic mass is 10.1. The Bertz CT molecular complexity index is 650. The molecule has 1 N–H and O–H groups in total. The van der Waals surface area contributed by atoms with Gasteiger partial charge in [0.15, 0.2) is 9.84 Å². The van der Waals surface area contributed by atoms with Crippen molar-refractivity contribution in [1.82, 2.24) is 0 Å². The monoisotopic (exact) mass is 311 g/mol. The van der Waals surface area contributed by atoms with Crippen molar-refractivity contribution in [2.45, 2.75) is 24.5 Å². The maximum Gasteiger partial charge on any atom is 0.335 e. The molecule has 1 unspecified atom stereocenters. The predicted octanol–water partition coefficient (Wildman–Crippen LogP) is 1.31. The lowest BCUT2D eigenvalue weighted by Crippen LogP contribution is -2.43. The summed E-state index contributed by atoms with van der Waals surface area (Å²) in [6.45, 7) is 0. The Morgan fingerprint density at radius 1 is 1.19 bits per heavy atom. The normalized spacial score (nSPS) is 20.7. The van der Waals surface area contributed by atoms with Gasteiger partial charge in [-0.3, -0.25) is 4.79 Å². The van der Waals surface area contributed by atoms with Crippen LogP contribution >= 0.6 is 0 Å². The van der Waals surface area contributed by atoms with E-state index in [9.17, 15) is 18.0 Å². The Morgan fingerprint density at radius 2 is 1.81 bits per heavy atom. The molecular formula is C14H17NO5S. The van der Waals surface area contributed by atoms with E-state index in [-0.39, 0.29) is 11.3 Å². The van der Waals surface area contributed by atoms with E-state index in [4.69, 9.17) is 5.11 Å². The van der Waals surface area contributed by atoms with E-state index >= 15 is 0 Å². The molecule has 7 heteroatoms. The van der Waals surface area contributed by atoms with Crippen LogP contribution < -0.4 is 4.90 Å². The zero-order valence-corrected chi connectivity index (χ0v) is 12.5. The summed E-state index contributed by atoms with van der Waals surface area (Å²) in [4.78, 5) is 24.4. The highest BCUT2D eigenvalue weighted by molar-refractivity contribution is 7.92. The molecule has 2 rings (SSSR count). The van der Waals surface area contributed by atoms with Gasteiger partial charge in [-0.15, -0.1) is 0 Å². The molecule has 0 aliphatic carbocycles. The highest BCUT2D eigenvalue weighted by Crippen LogP contribution is 2.23. The van der Waals surface area contributed by atoms with Crippen molar-refractivity contribution in [2.24, 2.45) is 0 Å². The molecule has 114 valence electrons. The number of benzene rings is 1. The van der Waals surface area contributed by atoms with Crippen molar-refractivity contribution in [3.8, 4) is 0 Å². The Kier molecular flexibility index (Phi) is 4.32. The highest BCUT2D eigenvalue weighted by atomic mass is 32.2. The molecule has 0 bridgehead atoms. The number of carboxylic acid groups (broad SMARTS) is 1. The quantitative estimate of drug-likeness (QED) is 0.909. The van der Waals surface area contributed by atoms with Crippen LogP contribution in [0, 0.1) is 0 Å². The first kappa shape index (κ1) is 15.5. The third-order valence-electron chi connectivity index (χ3n) is 3.69. The first-order valence-electron chi connectivity index (χ1n) is 6.65. The summed E-state index contributed by atoms with van der Waals surface area (Å²) in [5.74, 6) is -1.46. The number of anilines is 1.